The van der Waals surface area contributed by atoms with Crippen molar-refractivity contribution in [1.82, 2.24) is 4.90 Å². The molecule has 0 bridgehead atoms. The van der Waals surface area contributed by atoms with Gasteiger partial charge in [-0.2, -0.15) is 0 Å². The molecule has 0 amide bonds. The van der Waals surface area contributed by atoms with E-state index < -0.39 is 0 Å². The van der Waals surface area contributed by atoms with Crippen LogP contribution in [0.4, 0.5) is 0 Å². The highest BCUT2D eigenvalue weighted by molar-refractivity contribution is 4.83. The predicted octanol–water partition coefficient (Wildman–Crippen LogP) is 4.33. The van der Waals surface area contributed by atoms with Gasteiger partial charge in [-0.25, -0.2) is 0 Å². The van der Waals surface area contributed by atoms with Crippen LogP contribution in [-0.4, -0.2) is 30.6 Å². The molecule has 0 saturated heterocycles. The van der Waals surface area contributed by atoms with Crippen molar-refractivity contribution >= 4 is 0 Å². The van der Waals surface area contributed by atoms with Crippen molar-refractivity contribution in [2.75, 3.05) is 13.6 Å². The molecule has 0 spiro atoms. The van der Waals surface area contributed by atoms with Crippen LogP contribution >= 0.6 is 0 Å². The highest BCUT2D eigenvalue weighted by Gasteiger charge is 2.26. The van der Waals surface area contributed by atoms with E-state index in [2.05, 4.69) is 11.9 Å². The van der Waals surface area contributed by atoms with Gasteiger partial charge in [0.1, 0.15) is 0 Å². The zero-order valence-electron chi connectivity index (χ0n) is 13.7. The second kappa shape index (κ2) is 9.04. The molecule has 0 aromatic rings. The third-order valence-corrected chi connectivity index (χ3v) is 5.62. The molecular weight excluding hydrogens is 244 g/mol. The Balaban J connectivity index is 1.82. The minimum Gasteiger partial charge on any atom is -0.326 e. The molecule has 0 aromatic heterocycles. The summed E-state index contributed by atoms with van der Waals surface area (Å²) in [5.41, 5.74) is 6.55. The van der Waals surface area contributed by atoms with Gasteiger partial charge >= 0.3 is 0 Å². The van der Waals surface area contributed by atoms with E-state index in [0.717, 1.165) is 5.92 Å². The molecule has 20 heavy (non-hydrogen) atoms. The average molecular weight is 280 g/mol. The van der Waals surface area contributed by atoms with Crippen LogP contribution in [0.25, 0.3) is 0 Å². The van der Waals surface area contributed by atoms with E-state index in [-0.39, 0.29) is 0 Å². The molecule has 2 aliphatic carbocycles. The van der Waals surface area contributed by atoms with Gasteiger partial charge in [-0.15, -0.1) is 0 Å². The van der Waals surface area contributed by atoms with Crippen LogP contribution in [0, 0.1) is 5.92 Å². The van der Waals surface area contributed by atoms with E-state index in [9.17, 15) is 0 Å². The topological polar surface area (TPSA) is 29.3 Å². The van der Waals surface area contributed by atoms with Gasteiger partial charge in [0.2, 0.25) is 0 Å². The quantitative estimate of drug-likeness (QED) is 0.834. The van der Waals surface area contributed by atoms with Crippen molar-refractivity contribution in [2.24, 2.45) is 11.7 Å². The first-order chi connectivity index (χ1) is 9.77. The lowest BCUT2D eigenvalue weighted by Crippen LogP contribution is -2.48. The van der Waals surface area contributed by atoms with Crippen molar-refractivity contribution in [3.63, 3.8) is 0 Å². The summed E-state index contributed by atoms with van der Waals surface area (Å²) in [6.45, 7) is 1.29. The van der Waals surface area contributed by atoms with E-state index in [0.29, 0.717) is 12.1 Å². The lowest BCUT2D eigenvalue weighted by molar-refractivity contribution is 0.133. The first-order valence-corrected chi connectivity index (χ1v) is 9.23. The maximum absolute atomic E-state index is 6.55. The van der Waals surface area contributed by atoms with Gasteiger partial charge in [0, 0.05) is 18.6 Å². The van der Waals surface area contributed by atoms with E-state index in [4.69, 9.17) is 5.73 Å². The molecule has 0 radical (unpaired) electrons. The van der Waals surface area contributed by atoms with Crippen LogP contribution in [0.15, 0.2) is 0 Å². The van der Waals surface area contributed by atoms with Gasteiger partial charge in [-0.3, -0.25) is 0 Å². The van der Waals surface area contributed by atoms with Crippen LogP contribution in [0.3, 0.4) is 0 Å². The van der Waals surface area contributed by atoms with Gasteiger partial charge in [-0.1, -0.05) is 57.8 Å². The fourth-order valence-corrected chi connectivity index (χ4v) is 3.97. The maximum Gasteiger partial charge on any atom is 0.0244 e. The van der Waals surface area contributed by atoms with Crippen molar-refractivity contribution in [1.29, 1.82) is 0 Å². The summed E-state index contributed by atoms with van der Waals surface area (Å²) in [7, 11) is 2.33. The molecule has 2 fully saturated rings. The molecule has 0 aromatic carbocycles. The summed E-state index contributed by atoms with van der Waals surface area (Å²) in [4.78, 5) is 2.61. The third-order valence-electron chi connectivity index (χ3n) is 5.62. The Labute approximate surface area is 126 Å². The first kappa shape index (κ1) is 16.3. The normalized spacial score (nSPS) is 31.4. The minimum atomic E-state index is 0.402. The van der Waals surface area contributed by atoms with Crippen molar-refractivity contribution < 1.29 is 0 Å². The molecule has 0 aliphatic heterocycles. The molecule has 2 aliphatic rings. The summed E-state index contributed by atoms with van der Waals surface area (Å²) in [5, 5.41) is 0. The predicted molar refractivity (Wildman–Crippen MR) is 87.9 cm³/mol. The Kier molecular flexibility index (Phi) is 7.37. The molecular formula is C18H36N2. The van der Waals surface area contributed by atoms with Crippen molar-refractivity contribution in [3.05, 3.63) is 0 Å². The largest absolute Gasteiger partial charge is 0.326 e. The first-order valence-electron chi connectivity index (χ1n) is 9.23. The molecule has 2 heteroatoms. The van der Waals surface area contributed by atoms with Crippen LogP contribution < -0.4 is 5.73 Å². The summed E-state index contributed by atoms with van der Waals surface area (Å²) >= 11 is 0. The van der Waals surface area contributed by atoms with Crippen molar-refractivity contribution in [2.45, 2.75) is 95.6 Å². The number of hydrogen-bond acceptors (Lipinski definition) is 2. The van der Waals surface area contributed by atoms with E-state index in [1.807, 2.05) is 0 Å². The number of rotatable bonds is 3. The molecule has 0 heterocycles. The number of nitrogens with two attached hydrogens (primary N) is 1. The molecule has 2 N–H and O–H groups in total. The highest BCUT2D eigenvalue weighted by Crippen LogP contribution is 2.28. The number of hydrogen-bond donors (Lipinski definition) is 1. The van der Waals surface area contributed by atoms with Crippen LogP contribution in [-0.2, 0) is 0 Å². The van der Waals surface area contributed by atoms with Gasteiger partial charge in [0.05, 0.1) is 0 Å². The SMILES string of the molecule is CN(CC1CCC1)C1CCCCCCCCCCC1N. The summed E-state index contributed by atoms with van der Waals surface area (Å²) in [6, 6.07) is 1.04. The van der Waals surface area contributed by atoms with Gasteiger partial charge in [0.25, 0.3) is 0 Å². The standard InChI is InChI=1S/C18H36N2/c1-20(15-16-11-10-12-16)18-14-9-7-5-3-2-4-6-8-13-17(18)19/h16-18H,2-15,19H2,1H3. The summed E-state index contributed by atoms with van der Waals surface area (Å²) in [6.07, 6.45) is 18.2. The Morgan fingerprint density at radius 3 is 1.85 bits per heavy atom. The lowest BCUT2D eigenvalue weighted by Gasteiger charge is -2.38. The van der Waals surface area contributed by atoms with Gasteiger partial charge < -0.3 is 10.6 Å². The van der Waals surface area contributed by atoms with Crippen LogP contribution in [0.2, 0.25) is 0 Å². The molecule has 2 unspecified atom stereocenters. The average Bonchev–Trinajstić information content (AvgIpc) is 2.38. The smallest absolute Gasteiger partial charge is 0.0244 e. The Hall–Kier alpha value is -0.0800. The fraction of sp³-hybridized carbons (Fsp3) is 1.00. The van der Waals surface area contributed by atoms with Gasteiger partial charge in [0.15, 0.2) is 0 Å². The number of nitrogens with zero attached hydrogens (tertiary/aromatic N) is 1. The van der Waals surface area contributed by atoms with Crippen molar-refractivity contribution in [3.8, 4) is 0 Å². The summed E-state index contributed by atoms with van der Waals surface area (Å²) < 4.78 is 0. The monoisotopic (exact) mass is 280 g/mol. The molecule has 2 saturated carbocycles. The lowest BCUT2D eigenvalue weighted by atomic mass is 9.84. The zero-order valence-corrected chi connectivity index (χ0v) is 13.7. The molecule has 118 valence electrons. The molecule has 2 rings (SSSR count). The van der Waals surface area contributed by atoms with Gasteiger partial charge in [-0.05, 0) is 38.6 Å². The number of likely N-dealkylation sites (N-methyl/N-ethyl adjacent to an activating group) is 1. The second-order valence-corrected chi connectivity index (χ2v) is 7.37. The van der Waals surface area contributed by atoms with E-state index in [1.165, 1.54) is 90.0 Å². The molecule has 2 nitrogen and oxygen atoms in total. The zero-order chi connectivity index (χ0) is 14.2. The fourth-order valence-electron chi connectivity index (χ4n) is 3.97. The third kappa shape index (κ3) is 5.37. The van der Waals surface area contributed by atoms with Crippen LogP contribution in [0.5, 0.6) is 0 Å². The second-order valence-electron chi connectivity index (χ2n) is 7.37. The minimum absolute atomic E-state index is 0.402. The van der Waals surface area contributed by atoms with Crippen LogP contribution in [0.1, 0.15) is 83.5 Å². The summed E-state index contributed by atoms with van der Waals surface area (Å²) in [5.74, 6) is 0.966. The van der Waals surface area contributed by atoms with E-state index >= 15 is 0 Å². The highest BCUT2D eigenvalue weighted by atomic mass is 15.1. The Bertz CT molecular complexity index is 250. The van der Waals surface area contributed by atoms with E-state index in [1.54, 1.807) is 0 Å². The Morgan fingerprint density at radius 1 is 0.750 bits per heavy atom. The molecule has 2 atom stereocenters. The Morgan fingerprint density at radius 2 is 1.30 bits per heavy atom. The maximum atomic E-state index is 6.55.